The minimum atomic E-state index is -0.187. The maximum absolute atomic E-state index is 11.6. The zero-order chi connectivity index (χ0) is 16.7. The fourth-order valence-electron chi connectivity index (χ4n) is 2.48. The summed E-state index contributed by atoms with van der Waals surface area (Å²) in [6, 6.07) is 3.87. The molecule has 0 atom stereocenters. The number of carbonyl (C=O) groups is 1. The number of piperazine rings is 1. The Hall–Kier alpha value is -2.08. The molecule has 1 aromatic rings. The maximum Gasteiger partial charge on any atom is 0.315 e. The fraction of sp³-hybridized carbons (Fsp3) is 0.529. The molecule has 23 heavy (non-hydrogen) atoms. The summed E-state index contributed by atoms with van der Waals surface area (Å²) in [6.07, 6.45) is 1.83. The number of aromatic nitrogens is 1. The van der Waals surface area contributed by atoms with E-state index in [1.807, 2.05) is 25.3 Å². The number of nitrogens with zero attached hydrogens (tertiary/aromatic N) is 3. The first-order chi connectivity index (χ1) is 11.1. The summed E-state index contributed by atoms with van der Waals surface area (Å²) in [6.45, 7) is 14.1. The Morgan fingerprint density at radius 1 is 1.26 bits per heavy atom. The second-order valence-corrected chi connectivity index (χ2v) is 5.94. The molecule has 0 aliphatic carbocycles. The number of hydrogen-bond donors (Lipinski definition) is 2. The molecule has 1 aliphatic rings. The van der Waals surface area contributed by atoms with Gasteiger partial charge in [-0.1, -0.05) is 25.1 Å². The number of carbonyl (C=O) groups excluding carboxylic acids is 1. The van der Waals surface area contributed by atoms with E-state index < -0.39 is 0 Å². The molecule has 0 bridgehead atoms. The van der Waals surface area contributed by atoms with Crippen molar-refractivity contribution in [1.82, 2.24) is 20.5 Å². The summed E-state index contributed by atoms with van der Waals surface area (Å²) in [7, 11) is 0. The minimum Gasteiger partial charge on any atom is -0.354 e. The van der Waals surface area contributed by atoms with Crippen LogP contribution in [-0.4, -0.2) is 55.2 Å². The lowest BCUT2D eigenvalue weighted by atomic mass is 10.2. The Labute approximate surface area is 138 Å². The highest BCUT2D eigenvalue weighted by Gasteiger charge is 2.16. The quantitative estimate of drug-likeness (QED) is 0.783. The van der Waals surface area contributed by atoms with Gasteiger partial charge in [0.1, 0.15) is 5.82 Å². The summed E-state index contributed by atoms with van der Waals surface area (Å²) < 4.78 is 0. The predicted octanol–water partition coefficient (Wildman–Crippen LogP) is 1.60. The first-order valence-electron chi connectivity index (χ1n) is 8.16. The van der Waals surface area contributed by atoms with E-state index in [-0.39, 0.29) is 6.03 Å². The first kappa shape index (κ1) is 17.3. The van der Waals surface area contributed by atoms with Crippen molar-refractivity contribution in [3.63, 3.8) is 0 Å². The molecule has 0 saturated carbocycles. The SMILES string of the molecule is C=C(C)CNC(=O)NCc1ccc(N2CCN(CC)CC2)nc1. The van der Waals surface area contributed by atoms with Gasteiger partial charge in [0, 0.05) is 45.5 Å². The summed E-state index contributed by atoms with van der Waals surface area (Å²) in [5.41, 5.74) is 1.92. The van der Waals surface area contributed by atoms with Crippen LogP contribution in [-0.2, 0) is 6.54 Å². The van der Waals surface area contributed by atoms with Crippen molar-refractivity contribution in [3.05, 3.63) is 36.0 Å². The van der Waals surface area contributed by atoms with Gasteiger partial charge in [0.15, 0.2) is 0 Å². The number of pyridine rings is 1. The van der Waals surface area contributed by atoms with Crippen LogP contribution in [0.2, 0.25) is 0 Å². The second kappa shape index (κ2) is 8.53. The monoisotopic (exact) mass is 317 g/mol. The average Bonchev–Trinajstić information content (AvgIpc) is 2.58. The van der Waals surface area contributed by atoms with Crippen molar-refractivity contribution < 1.29 is 4.79 Å². The number of urea groups is 1. The van der Waals surface area contributed by atoms with Gasteiger partial charge in [0.05, 0.1) is 0 Å². The zero-order valence-corrected chi connectivity index (χ0v) is 14.1. The number of likely N-dealkylation sites (N-methyl/N-ethyl adjacent to an activating group) is 1. The summed E-state index contributed by atoms with van der Waals surface area (Å²) in [4.78, 5) is 20.9. The van der Waals surface area contributed by atoms with Gasteiger partial charge >= 0.3 is 6.03 Å². The molecule has 0 spiro atoms. The molecule has 6 heteroatoms. The molecule has 0 radical (unpaired) electrons. The van der Waals surface area contributed by atoms with Gasteiger partial charge in [-0.3, -0.25) is 0 Å². The van der Waals surface area contributed by atoms with E-state index in [4.69, 9.17) is 0 Å². The maximum atomic E-state index is 11.6. The minimum absolute atomic E-state index is 0.187. The third-order valence-electron chi connectivity index (χ3n) is 3.96. The molecular weight excluding hydrogens is 290 g/mol. The number of hydrogen-bond acceptors (Lipinski definition) is 4. The summed E-state index contributed by atoms with van der Waals surface area (Å²) in [5.74, 6) is 1.01. The number of amides is 2. The molecule has 2 rings (SSSR count). The predicted molar refractivity (Wildman–Crippen MR) is 93.6 cm³/mol. The van der Waals surface area contributed by atoms with E-state index in [2.05, 4.69) is 38.9 Å². The van der Waals surface area contributed by atoms with Crippen LogP contribution in [0.4, 0.5) is 10.6 Å². The van der Waals surface area contributed by atoms with Gasteiger partial charge < -0.3 is 20.4 Å². The summed E-state index contributed by atoms with van der Waals surface area (Å²) >= 11 is 0. The lowest BCUT2D eigenvalue weighted by Gasteiger charge is -2.34. The molecule has 2 N–H and O–H groups in total. The zero-order valence-electron chi connectivity index (χ0n) is 14.1. The van der Waals surface area contributed by atoms with Crippen LogP contribution < -0.4 is 15.5 Å². The molecule has 0 unspecified atom stereocenters. The van der Waals surface area contributed by atoms with E-state index in [0.29, 0.717) is 13.1 Å². The van der Waals surface area contributed by atoms with Crippen LogP contribution >= 0.6 is 0 Å². The average molecular weight is 317 g/mol. The lowest BCUT2D eigenvalue weighted by Crippen LogP contribution is -2.46. The van der Waals surface area contributed by atoms with Crippen LogP contribution in [0.5, 0.6) is 0 Å². The highest BCUT2D eigenvalue weighted by molar-refractivity contribution is 5.74. The van der Waals surface area contributed by atoms with Gasteiger partial charge in [-0.2, -0.15) is 0 Å². The normalized spacial score (nSPS) is 15.3. The Morgan fingerprint density at radius 2 is 2.00 bits per heavy atom. The Kier molecular flexibility index (Phi) is 6.40. The molecule has 1 aliphatic heterocycles. The first-order valence-corrected chi connectivity index (χ1v) is 8.16. The van der Waals surface area contributed by atoms with Crippen LogP contribution in [0.25, 0.3) is 0 Å². The molecule has 6 nitrogen and oxygen atoms in total. The van der Waals surface area contributed by atoms with Gasteiger partial charge in [-0.25, -0.2) is 9.78 Å². The number of rotatable bonds is 6. The summed E-state index contributed by atoms with van der Waals surface area (Å²) in [5, 5.41) is 5.56. The fourth-order valence-corrected chi connectivity index (χ4v) is 2.48. The van der Waals surface area contributed by atoms with Crippen molar-refractivity contribution in [2.45, 2.75) is 20.4 Å². The molecule has 126 valence electrons. The molecule has 2 heterocycles. The van der Waals surface area contributed by atoms with Crippen LogP contribution in [0, 0.1) is 0 Å². The van der Waals surface area contributed by atoms with E-state index in [0.717, 1.165) is 49.7 Å². The van der Waals surface area contributed by atoms with Gasteiger partial charge in [0.25, 0.3) is 0 Å². The molecule has 0 aromatic carbocycles. The van der Waals surface area contributed by atoms with Crippen molar-refractivity contribution in [2.75, 3.05) is 44.2 Å². The van der Waals surface area contributed by atoms with E-state index >= 15 is 0 Å². The third-order valence-corrected chi connectivity index (χ3v) is 3.96. The second-order valence-electron chi connectivity index (χ2n) is 5.94. The number of nitrogens with one attached hydrogen (secondary N) is 2. The highest BCUT2D eigenvalue weighted by atomic mass is 16.2. The van der Waals surface area contributed by atoms with Gasteiger partial charge in [0.2, 0.25) is 0 Å². The van der Waals surface area contributed by atoms with Gasteiger partial charge in [-0.15, -0.1) is 0 Å². The smallest absolute Gasteiger partial charge is 0.315 e. The molecule has 1 aromatic heterocycles. The van der Waals surface area contributed by atoms with Crippen LogP contribution in [0.1, 0.15) is 19.4 Å². The van der Waals surface area contributed by atoms with E-state index in [1.54, 1.807) is 0 Å². The van der Waals surface area contributed by atoms with Crippen molar-refractivity contribution in [2.24, 2.45) is 0 Å². The topological polar surface area (TPSA) is 60.5 Å². The van der Waals surface area contributed by atoms with Crippen LogP contribution in [0.15, 0.2) is 30.5 Å². The van der Waals surface area contributed by atoms with E-state index in [1.165, 1.54) is 0 Å². The molecule has 2 amide bonds. The van der Waals surface area contributed by atoms with E-state index in [9.17, 15) is 4.79 Å². The Balaban J connectivity index is 1.78. The van der Waals surface area contributed by atoms with Crippen molar-refractivity contribution >= 4 is 11.8 Å². The van der Waals surface area contributed by atoms with Gasteiger partial charge in [-0.05, 0) is 25.1 Å². The van der Waals surface area contributed by atoms with Crippen molar-refractivity contribution in [1.29, 1.82) is 0 Å². The third kappa shape index (κ3) is 5.56. The standard InChI is InChI=1S/C17H27N5O/c1-4-21-7-9-22(10-8-21)16-6-5-15(12-18-16)13-20-17(23)19-11-14(2)3/h5-6,12H,2,4,7-11,13H2,1,3H3,(H2,19,20,23). The Bertz CT molecular complexity index is 520. The molecule has 1 saturated heterocycles. The molecular formula is C17H27N5O. The lowest BCUT2D eigenvalue weighted by molar-refractivity contribution is 0.241. The molecule has 1 fully saturated rings. The highest BCUT2D eigenvalue weighted by Crippen LogP contribution is 2.13. The Morgan fingerprint density at radius 3 is 2.57 bits per heavy atom. The number of anilines is 1. The van der Waals surface area contributed by atoms with Crippen LogP contribution in [0.3, 0.4) is 0 Å². The van der Waals surface area contributed by atoms with Crippen molar-refractivity contribution in [3.8, 4) is 0 Å². The largest absolute Gasteiger partial charge is 0.354 e.